The number of aliphatic carboxylic acids is 1. The minimum absolute atomic E-state index is 0.124. The van der Waals surface area contributed by atoms with Gasteiger partial charge in [0.05, 0.1) is 12.5 Å². The Morgan fingerprint density at radius 2 is 1.85 bits per heavy atom. The molecule has 0 fully saturated rings. The lowest BCUT2D eigenvalue weighted by atomic mass is 10.2. The Balaban J connectivity index is 1.86. The fraction of sp³-hybridized carbons (Fsp3) is 0.300. The first kappa shape index (κ1) is 19.5. The molecule has 0 aliphatic rings. The number of carboxylic acids is 1. The minimum Gasteiger partial charge on any atom is -0.481 e. The Morgan fingerprint density at radius 3 is 2.46 bits per heavy atom. The summed E-state index contributed by atoms with van der Waals surface area (Å²) in [4.78, 5) is 24.6. The van der Waals surface area contributed by atoms with Gasteiger partial charge in [0.1, 0.15) is 11.5 Å². The summed E-state index contributed by atoms with van der Waals surface area (Å²) in [5.41, 5.74) is 1.78. The molecule has 0 saturated heterocycles. The molecule has 1 atom stereocenters. The molecule has 2 aromatic rings. The smallest absolute Gasteiger partial charge is 0.307 e. The molecular weight excluding hydrogens is 332 g/mol. The standard InChI is InChI=1S/C20H24N2O4/c1-14-5-4-6-18(11-14)26-17-9-7-16(8-10-17)21-19(23)13-22(3)12-15(2)20(24)25/h4-11,15H,12-13H2,1-3H3,(H,21,23)(H,24,25). The van der Waals surface area contributed by atoms with Crippen molar-refractivity contribution in [3.05, 3.63) is 54.1 Å². The van der Waals surface area contributed by atoms with E-state index in [0.717, 1.165) is 11.3 Å². The van der Waals surface area contributed by atoms with Crippen LogP contribution in [0.3, 0.4) is 0 Å². The van der Waals surface area contributed by atoms with Gasteiger partial charge in [-0.25, -0.2) is 0 Å². The lowest BCUT2D eigenvalue weighted by Crippen LogP contribution is -2.35. The van der Waals surface area contributed by atoms with E-state index in [-0.39, 0.29) is 12.5 Å². The maximum absolute atomic E-state index is 12.1. The molecule has 2 rings (SSSR count). The molecule has 1 amide bonds. The number of carboxylic acid groups (broad SMARTS) is 1. The van der Waals surface area contributed by atoms with Gasteiger partial charge >= 0.3 is 5.97 Å². The van der Waals surface area contributed by atoms with Gasteiger partial charge in [0.2, 0.25) is 5.91 Å². The van der Waals surface area contributed by atoms with Gasteiger partial charge in [0, 0.05) is 12.2 Å². The normalized spacial score (nSPS) is 11.8. The lowest BCUT2D eigenvalue weighted by molar-refractivity contribution is -0.141. The number of hydrogen-bond donors (Lipinski definition) is 2. The van der Waals surface area contributed by atoms with Crippen LogP contribution in [0.15, 0.2) is 48.5 Å². The number of nitrogens with one attached hydrogen (secondary N) is 1. The number of ether oxygens (including phenoxy) is 1. The molecule has 26 heavy (non-hydrogen) atoms. The number of amides is 1. The number of likely N-dealkylation sites (N-methyl/N-ethyl adjacent to an activating group) is 1. The topological polar surface area (TPSA) is 78.9 Å². The first-order chi connectivity index (χ1) is 12.3. The highest BCUT2D eigenvalue weighted by Crippen LogP contribution is 2.23. The van der Waals surface area contributed by atoms with Gasteiger partial charge in [-0.3, -0.25) is 14.5 Å². The van der Waals surface area contributed by atoms with Crippen LogP contribution in [0, 0.1) is 12.8 Å². The van der Waals surface area contributed by atoms with Gasteiger partial charge in [-0.1, -0.05) is 19.1 Å². The van der Waals surface area contributed by atoms with Crippen LogP contribution in [0.4, 0.5) is 5.69 Å². The molecule has 6 nitrogen and oxygen atoms in total. The first-order valence-corrected chi connectivity index (χ1v) is 8.39. The van der Waals surface area contributed by atoms with Crippen LogP contribution in [-0.2, 0) is 9.59 Å². The molecule has 0 aliphatic heterocycles. The maximum Gasteiger partial charge on any atom is 0.307 e. The third-order valence-corrected chi connectivity index (χ3v) is 3.78. The highest BCUT2D eigenvalue weighted by atomic mass is 16.5. The summed E-state index contributed by atoms with van der Waals surface area (Å²) in [7, 11) is 1.72. The quantitative estimate of drug-likeness (QED) is 0.758. The monoisotopic (exact) mass is 356 g/mol. The van der Waals surface area contributed by atoms with E-state index in [1.165, 1.54) is 0 Å². The van der Waals surface area contributed by atoms with Gasteiger partial charge < -0.3 is 15.2 Å². The molecule has 0 aliphatic carbocycles. The number of carbonyl (C=O) groups is 2. The molecule has 1 unspecified atom stereocenters. The van der Waals surface area contributed by atoms with Crippen molar-refractivity contribution in [3.8, 4) is 11.5 Å². The van der Waals surface area contributed by atoms with Crippen LogP contribution in [0.2, 0.25) is 0 Å². The molecule has 2 aromatic carbocycles. The molecule has 0 spiro atoms. The predicted octanol–water partition coefficient (Wildman–Crippen LogP) is 3.38. The zero-order valence-corrected chi connectivity index (χ0v) is 15.2. The van der Waals surface area contributed by atoms with Crippen molar-refractivity contribution in [3.63, 3.8) is 0 Å². The lowest BCUT2D eigenvalue weighted by Gasteiger charge is -2.18. The molecular formula is C20H24N2O4. The number of hydrogen-bond acceptors (Lipinski definition) is 4. The summed E-state index contributed by atoms with van der Waals surface area (Å²) in [6.45, 7) is 4.05. The van der Waals surface area contributed by atoms with Crippen LogP contribution in [0.5, 0.6) is 11.5 Å². The second-order valence-corrected chi connectivity index (χ2v) is 6.43. The maximum atomic E-state index is 12.1. The van der Waals surface area contributed by atoms with E-state index in [9.17, 15) is 9.59 Å². The average Bonchev–Trinajstić information content (AvgIpc) is 2.56. The number of benzene rings is 2. The zero-order valence-electron chi connectivity index (χ0n) is 15.2. The fourth-order valence-corrected chi connectivity index (χ4v) is 2.48. The molecule has 0 aromatic heterocycles. The summed E-state index contributed by atoms with van der Waals surface area (Å²) >= 11 is 0. The summed E-state index contributed by atoms with van der Waals surface area (Å²) < 4.78 is 5.77. The first-order valence-electron chi connectivity index (χ1n) is 8.39. The zero-order chi connectivity index (χ0) is 19.1. The molecule has 0 heterocycles. The molecule has 6 heteroatoms. The third kappa shape index (κ3) is 6.22. The molecule has 0 bridgehead atoms. The van der Waals surface area contributed by atoms with Crippen LogP contribution in [0.1, 0.15) is 12.5 Å². The predicted molar refractivity (Wildman–Crippen MR) is 101 cm³/mol. The second kappa shape index (κ2) is 9.01. The van der Waals surface area contributed by atoms with Crippen LogP contribution in [0.25, 0.3) is 0 Å². The fourth-order valence-electron chi connectivity index (χ4n) is 2.48. The van der Waals surface area contributed by atoms with Gasteiger partial charge in [0.25, 0.3) is 0 Å². The largest absolute Gasteiger partial charge is 0.481 e. The Hall–Kier alpha value is -2.86. The Bertz CT molecular complexity index is 759. The van der Waals surface area contributed by atoms with Crippen molar-refractivity contribution >= 4 is 17.6 Å². The number of anilines is 1. The van der Waals surface area contributed by atoms with Crippen molar-refractivity contribution in [1.29, 1.82) is 0 Å². The molecule has 0 radical (unpaired) electrons. The molecule has 138 valence electrons. The molecule has 2 N–H and O–H groups in total. The van der Waals surface area contributed by atoms with Gasteiger partial charge in [-0.15, -0.1) is 0 Å². The van der Waals surface area contributed by atoms with Crippen LogP contribution in [-0.4, -0.2) is 42.0 Å². The van der Waals surface area contributed by atoms with Crippen LogP contribution >= 0.6 is 0 Å². The number of carbonyl (C=O) groups excluding carboxylic acids is 1. The van der Waals surface area contributed by atoms with E-state index in [0.29, 0.717) is 18.0 Å². The van der Waals surface area contributed by atoms with E-state index in [1.807, 2.05) is 31.2 Å². The summed E-state index contributed by atoms with van der Waals surface area (Å²) in [5, 5.41) is 11.7. The highest BCUT2D eigenvalue weighted by Gasteiger charge is 2.15. The van der Waals surface area contributed by atoms with E-state index < -0.39 is 11.9 Å². The highest BCUT2D eigenvalue weighted by molar-refractivity contribution is 5.92. The van der Waals surface area contributed by atoms with Gasteiger partial charge in [0.15, 0.2) is 0 Å². The van der Waals surface area contributed by atoms with E-state index in [1.54, 1.807) is 43.1 Å². The minimum atomic E-state index is -0.874. The number of nitrogens with zero attached hydrogens (tertiary/aromatic N) is 1. The van der Waals surface area contributed by atoms with Crippen molar-refractivity contribution in [2.75, 3.05) is 25.5 Å². The SMILES string of the molecule is Cc1cccc(Oc2ccc(NC(=O)CN(C)CC(C)C(=O)O)cc2)c1. The average molecular weight is 356 g/mol. The Labute approximate surface area is 153 Å². The third-order valence-electron chi connectivity index (χ3n) is 3.78. The van der Waals surface area contributed by atoms with Crippen molar-refractivity contribution in [2.45, 2.75) is 13.8 Å². The number of aryl methyl sites for hydroxylation is 1. The summed E-state index contributed by atoms with van der Waals surface area (Å²) in [6.07, 6.45) is 0. The van der Waals surface area contributed by atoms with Gasteiger partial charge in [-0.2, -0.15) is 0 Å². The Morgan fingerprint density at radius 1 is 1.15 bits per heavy atom. The van der Waals surface area contributed by atoms with Crippen molar-refractivity contribution in [1.82, 2.24) is 4.90 Å². The van der Waals surface area contributed by atoms with E-state index in [4.69, 9.17) is 9.84 Å². The van der Waals surface area contributed by atoms with Gasteiger partial charge in [-0.05, 0) is 55.9 Å². The van der Waals surface area contributed by atoms with E-state index in [2.05, 4.69) is 5.32 Å². The molecule has 0 saturated carbocycles. The van der Waals surface area contributed by atoms with E-state index >= 15 is 0 Å². The summed E-state index contributed by atoms with van der Waals surface area (Å²) in [5.74, 6) is -0.151. The summed E-state index contributed by atoms with van der Waals surface area (Å²) in [6, 6.07) is 14.9. The van der Waals surface area contributed by atoms with Crippen molar-refractivity contribution < 1.29 is 19.4 Å². The second-order valence-electron chi connectivity index (χ2n) is 6.43. The number of rotatable bonds is 8. The Kier molecular flexibility index (Phi) is 6.74. The van der Waals surface area contributed by atoms with Crippen molar-refractivity contribution in [2.24, 2.45) is 5.92 Å². The van der Waals surface area contributed by atoms with Crippen LogP contribution < -0.4 is 10.1 Å².